The lowest BCUT2D eigenvalue weighted by atomic mass is 10.3. The van der Waals surface area contributed by atoms with Crippen molar-refractivity contribution in [2.75, 3.05) is 0 Å². The van der Waals surface area contributed by atoms with Crippen molar-refractivity contribution in [3.05, 3.63) is 36.4 Å². The number of fused-ring (bicyclic) bond motifs is 2. The summed E-state index contributed by atoms with van der Waals surface area (Å²) in [4.78, 5) is 1.47. The third-order valence-corrected chi connectivity index (χ3v) is 6.99. The Morgan fingerprint density at radius 3 is 1.32 bits per heavy atom. The van der Waals surface area contributed by atoms with E-state index in [1.54, 1.807) is 0 Å². The van der Waals surface area contributed by atoms with Crippen LogP contribution in [0.25, 0.3) is 0 Å². The average molecular weight is 380 g/mol. The first kappa shape index (κ1) is 15.8. The van der Waals surface area contributed by atoms with Crippen molar-refractivity contribution < 1.29 is 24.6 Å². The highest BCUT2D eigenvalue weighted by atomic mass is 32.3. The first-order valence-electron chi connectivity index (χ1n) is 5.68. The van der Waals surface area contributed by atoms with E-state index in [2.05, 4.69) is 0 Å². The Labute approximate surface area is 134 Å². The van der Waals surface area contributed by atoms with E-state index in [4.69, 9.17) is 0 Å². The predicted octanol–water partition coefficient (Wildman–Crippen LogP) is 3.62. The molecule has 2 aromatic rings. The van der Waals surface area contributed by atoms with Crippen molar-refractivity contribution >= 4 is 44.0 Å². The van der Waals surface area contributed by atoms with Gasteiger partial charge in [-0.1, -0.05) is 23.5 Å². The van der Waals surface area contributed by atoms with Gasteiger partial charge in [-0.2, -0.15) is 16.8 Å². The van der Waals surface area contributed by atoms with Gasteiger partial charge in [0.25, 0.3) is 0 Å². The molecule has 22 heavy (non-hydrogen) atoms. The summed E-state index contributed by atoms with van der Waals surface area (Å²) in [6.07, 6.45) is 0. The van der Waals surface area contributed by atoms with Gasteiger partial charge in [0.05, 0.1) is 9.79 Å². The molecular formula is C12H6F2O4S4. The third kappa shape index (κ3) is 3.00. The zero-order valence-corrected chi connectivity index (χ0v) is 13.8. The van der Waals surface area contributed by atoms with Gasteiger partial charge in [-0.3, -0.25) is 0 Å². The summed E-state index contributed by atoms with van der Waals surface area (Å²) in [5.41, 5.74) is 0. The molecule has 0 aliphatic carbocycles. The maximum absolute atomic E-state index is 13.0. The molecule has 0 saturated heterocycles. The van der Waals surface area contributed by atoms with Crippen molar-refractivity contribution in [1.82, 2.24) is 0 Å². The lowest BCUT2D eigenvalue weighted by Gasteiger charge is -2.18. The summed E-state index contributed by atoms with van der Waals surface area (Å²) < 4.78 is 69.8. The van der Waals surface area contributed by atoms with Crippen LogP contribution in [-0.4, -0.2) is 16.8 Å². The molecule has 0 radical (unpaired) electrons. The molecule has 0 atom stereocenters. The molecule has 1 aliphatic rings. The molecule has 1 heterocycles. The maximum atomic E-state index is 13.0. The first-order chi connectivity index (χ1) is 10.1. The van der Waals surface area contributed by atoms with E-state index in [9.17, 15) is 24.6 Å². The van der Waals surface area contributed by atoms with Crippen molar-refractivity contribution in [2.24, 2.45) is 0 Å². The van der Waals surface area contributed by atoms with Gasteiger partial charge in [0.2, 0.25) is 0 Å². The average Bonchev–Trinajstić information content (AvgIpc) is 2.41. The summed E-state index contributed by atoms with van der Waals surface area (Å²) in [6.45, 7) is 0. The van der Waals surface area contributed by atoms with Gasteiger partial charge in [0, 0.05) is 19.6 Å². The van der Waals surface area contributed by atoms with Crippen LogP contribution in [0.5, 0.6) is 0 Å². The molecule has 3 rings (SSSR count). The normalized spacial score (nSPS) is 14.3. The Morgan fingerprint density at radius 2 is 1.00 bits per heavy atom. The van der Waals surface area contributed by atoms with Crippen LogP contribution in [0.3, 0.4) is 0 Å². The van der Waals surface area contributed by atoms with Crippen molar-refractivity contribution in [3.63, 3.8) is 0 Å². The minimum atomic E-state index is -4.79. The molecule has 116 valence electrons. The van der Waals surface area contributed by atoms with Crippen LogP contribution in [0, 0.1) is 0 Å². The van der Waals surface area contributed by atoms with Gasteiger partial charge in [0.15, 0.2) is 0 Å². The highest BCUT2D eigenvalue weighted by Gasteiger charge is 2.23. The second kappa shape index (κ2) is 5.22. The van der Waals surface area contributed by atoms with Gasteiger partial charge >= 0.3 is 20.4 Å². The van der Waals surface area contributed by atoms with E-state index >= 15 is 0 Å². The summed E-state index contributed by atoms with van der Waals surface area (Å²) in [7, 11) is -9.58. The first-order valence-corrected chi connectivity index (χ1v) is 10.1. The molecule has 0 amide bonds. The summed E-state index contributed by atoms with van der Waals surface area (Å²) in [5, 5.41) is 0. The molecule has 0 spiro atoms. The van der Waals surface area contributed by atoms with Crippen LogP contribution in [0.1, 0.15) is 0 Å². The molecule has 0 fully saturated rings. The Hall–Kier alpha value is -1.10. The number of hydrogen-bond acceptors (Lipinski definition) is 6. The Kier molecular flexibility index (Phi) is 3.75. The maximum Gasteiger partial charge on any atom is 0.332 e. The van der Waals surface area contributed by atoms with Gasteiger partial charge in [0.1, 0.15) is 0 Å². The Balaban J connectivity index is 2.06. The largest absolute Gasteiger partial charge is 0.332 e. The van der Waals surface area contributed by atoms with Crippen molar-refractivity contribution in [1.29, 1.82) is 0 Å². The smallest absolute Gasteiger partial charge is 0.189 e. The van der Waals surface area contributed by atoms with Gasteiger partial charge in [-0.15, -0.1) is 7.77 Å². The molecular weight excluding hydrogens is 374 g/mol. The van der Waals surface area contributed by atoms with Crippen LogP contribution >= 0.6 is 23.5 Å². The topological polar surface area (TPSA) is 68.3 Å². The Morgan fingerprint density at radius 1 is 0.636 bits per heavy atom. The molecule has 1 aliphatic heterocycles. The molecule has 2 aromatic carbocycles. The van der Waals surface area contributed by atoms with E-state index < -0.39 is 30.2 Å². The predicted molar refractivity (Wildman–Crippen MR) is 77.7 cm³/mol. The fraction of sp³-hybridized carbons (Fsp3) is 0. The molecule has 0 aromatic heterocycles. The van der Waals surface area contributed by atoms with E-state index in [0.717, 1.165) is 35.7 Å². The fourth-order valence-electron chi connectivity index (χ4n) is 1.85. The van der Waals surface area contributed by atoms with Gasteiger partial charge in [-0.25, -0.2) is 0 Å². The second-order valence-electron chi connectivity index (χ2n) is 4.30. The number of rotatable bonds is 2. The Bertz CT molecular complexity index is 903. The zero-order valence-electron chi connectivity index (χ0n) is 10.5. The van der Waals surface area contributed by atoms with Crippen LogP contribution in [0.2, 0.25) is 0 Å². The molecule has 0 bridgehead atoms. The zero-order chi connectivity index (χ0) is 16.1. The van der Waals surface area contributed by atoms with E-state index in [1.165, 1.54) is 24.3 Å². The van der Waals surface area contributed by atoms with Gasteiger partial charge in [-0.05, 0) is 36.4 Å². The summed E-state index contributed by atoms with van der Waals surface area (Å²) >= 11 is 2.33. The van der Waals surface area contributed by atoms with E-state index in [0.29, 0.717) is 19.6 Å². The van der Waals surface area contributed by atoms with Crippen LogP contribution < -0.4 is 0 Å². The van der Waals surface area contributed by atoms with Gasteiger partial charge < -0.3 is 0 Å². The fourth-order valence-corrected chi connectivity index (χ4v) is 5.25. The molecule has 0 saturated carbocycles. The minimum absolute atomic E-state index is 0.439. The molecule has 4 nitrogen and oxygen atoms in total. The lowest BCUT2D eigenvalue weighted by Crippen LogP contribution is -1.97. The standard InChI is InChI=1S/C12H6F2O4S4/c13-21(15,16)7-1-3-9-11(5-7)20-10-4-2-8(22(14,17)18)6-12(10)19-9/h1-6H. The number of hydrogen-bond donors (Lipinski definition) is 0. The van der Waals surface area contributed by atoms with E-state index in [-0.39, 0.29) is 0 Å². The van der Waals surface area contributed by atoms with Crippen LogP contribution in [0.4, 0.5) is 7.77 Å². The monoisotopic (exact) mass is 380 g/mol. The van der Waals surface area contributed by atoms with Crippen molar-refractivity contribution in [3.8, 4) is 0 Å². The van der Waals surface area contributed by atoms with Crippen molar-refractivity contribution in [2.45, 2.75) is 29.4 Å². The number of halogens is 2. The third-order valence-electron chi connectivity index (χ3n) is 2.83. The second-order valence-corrected chi connectivity index (χ2v) is 9.16. The quantitative estimate of drug-likeness (QED) is 0.633. The molecule has 10 heteroatoms. The van der Waals surface area contributed by atoms with Crippen LogP contribution in [-0.2, 0) is 20.4 Å². The number of benzene rings is 2. The van der Waals surface area contributed by atoms with E-state index in [1.807, 2.05) is 0 Å². The van der Waals surface area contributed by atoms with Crippen LogP contribution in [0.15, 0.2) is 65.8 Å². The molecule has 0 unspecified atom stereocenters. The summed E-state index contributed by atoms with van der Waals surface area (Å²) in [6, 6.07) is 7.54. The highest BCUT2D eigenvalue weighted by molar-refractivity contribution is 8.05. The lowest BCUT2D eigenvalue weighted by molar-refractivity contribution is 0.549. The highest BCUT2D eigenvalue weighted by Crippen LogP contribution is 2.49. The summed E-state index contributed by atoms with van der Waals surface area (Å²) in [5.74, 6) is 0. The molecule has 0 N–H and O–H groups in total. The SMILES string of the molecule is O=S(=O)(F)c1ccc2c(c1)Sc1ccc(S(=O)(=O)F)cc1S2. The minimum Gasteiger partial charge on any atom is -0.189 e.